The summed E-state index contributed by atoms with van der Waals surface area (Å²) in [6.45, 7) is 4.08. The molecule has 2 nitrogen and oxygen atoms in total. The Morgan fingerprint density at radius 2 is 1.83 bits per heavy atom. The van der Waals surface area contributed by atoms with Gasteiger partial charge in [-0.05, 0) is 68.1 Å². The number of fused-ring (bicyclic) bond motifs is 5. The molecule has 0 aromatic heterocycles. The number of alkyl halides is 2. The fourth-order valence-corrected chi connectivity index (χ4v) is 7.06. The van der Waals surface area contributed by atoms with E-state index in [0.29, 0.717) is 18.3 Å². The van der Waals surface area contributed by atoms with Crippen LogP contribution in [0.1, 0.15) is 65.2 Å². The number of hydrogen-bond acceptors (Lipinski definition) is 2. The van der Waals surface area contributed by atoms with Crippen LogP contribution >= 0.6 is 0 Å². The van der Waals surface area contributed by atoms with Crippen molar-refractivity contribution < 1.29 is 18.7 Å². The highest BCUT2D eigenvalue weighted by atomic mass is 19.3. The molecule has 0 aromatic rings. The average molecular weight is 326 g/mol. The molecular weight excluding hydrogens is 298 g/mol. The highest BCUT2D eigenvalue weighted by Gasteiger charge is 2.69. The fourth-order valence-electron chi connectivity index (χ4n) is 7.06. The van der Waals surface area contributed by atoms with Gasteiger partial charge in [0.25, 0.3) is 5.92 Å². The lowest BCUT2D eigenvalue weighted by Gasteiger charge is -2.60. The second-order valence-electron chi connectivity index (χ2n) is 9.27. The van der Waals surface area contributed by atoms with E-state index < -0.39 is 23.7 Å². The molecular formula is C19H28F2O2. The van der Waals surface area contributed by atoms with Crippen molar-refractivity contribution >= 4 is 5.78 Å². The number of carbonyl (C=O) groups is 1. The summed E-state index contributed by atoms with van der Waals surface area (Å²) in [7, 11) is 0. The van der Waals surface area contributed by atoms with Gasteiger partial charge in [-0.25, -0.2) is 8.78 Å². The Bertz CT molecular complexity index is 533. The summed E-state index contributed by atoms with van der Waals surface area (Å²) >= 11 is 0. The van der Waals surface area contributed by atoms with E-state index in [2.05, 4.69) is 6.92 Å². The monoisotopic (exact) mass is 326 g/mol. The van der Waals surface area contributed by atoms with Gasteiger partial charge < -0.3 is 5.11 Å². The number of Topliss-reactive ketones (excluding diaryl/α,β-unsaturated/α-hetero) is 1. The summed E-state index contributed by atoms with van der Waals surface area (Å²) in [5, 5.41) is 10.0. The summed E-state index contributed by atoms with van der Waals surface area (Å²) in [5.74, 6) is -3.06. The summed E-state index contributed by atoms with van der Waals surface area (Å²) in [4.78, 5) is 12.3. The van der Waals surface area contributed by atoms with Crippen LogP contribution < -0.4 is 0 Å². The van der Waals surface area contributed by atoms with E-state index in [-0.39, 0.29) is 23.2 Å². The van der Waals surface area contributed by atoms with Gasteiger partial charge in [-0.15, -0.1) is 0 Å². The van der Waals surface area contributed by atoms with Crippen molar-refractivity contribution in [2.45, 2.75) is 77.2 Å². The largest absolute Gasteiger partial charge is 0.393 e. The topological polar surface area (TPSA) is 37.3 Å². The van der Waals surface area contributed by atoms with Crippen molar-refractivity contribution in [3.63, 3.8) is 0 Å². The molecule has 0 saturated heterocycles. The molecule has 4 saturated carbocycles. The van der Waals surface area contributed by atoms with Crippen molar-refractivity contribution in [2.75, 3.05) is 0 Å². The number of rotatable bonds is 0. The Morgan fingerprint density at radius 3 is 2.57 bits per heavy atom. The molecule has 0 unspecified atom stereocenters. The van der Waals surface area contributed by atoms with Gasteiger partial charge in [0.1, 0.15) is 5.78 Å². The van der Waals surface area contributed by atoms with Crippen LogP contribution in [0.5, 0.6) is 0 Å². The van der Waals surface area contributed by atoms with Crippen LogP contribution in [0.25, 0.3) is 0 Å². The lowest BCUT2D eigenvalue weighted by molar-refractivity contribution is -0.173. The molecule has 4 fully saturated rings. The predicted octanol–water partition coefficient (Wildman–Crippen LogP) is 4.20. The lowest BCUT2D eigenvalue weighted by Crippen LogP contribution is -2.56. The Morgan fingerprint density at radius 1 is 1.09 bits per heavy atom. The minimum absolute atomic E-state index is 0.0216. The first-order valence-corrected chi connectivity index (χ1v) is 9.28. The zero-order valence-electron chi connectivity index (χ0n) is 14.2. The first kappa shape index (κ1) is 16.0. The third-order valence-corrected chi connectivity index (χ3v) is 8.30. The smallest absolute Gasteiger partial charge is 0.259 e. The molecule has 0 amide bonds. The molecule has 0 radical (unpaired) electrons. The molecule has 4 aliphatic carbocycles. The first-order chi connectivity index (χ1) is 10.7. The summed E-state index contributed by atoms with van der Waals surface area (Å²) < 4.78 is 29.4. The maximum Gasteiger partial charge on any atom is 0.259 e. The van der Waals surface area contributed by atoms with Crippen molar-refractivity contribution in [1.29, 1.82) is 0 Å². The van der Waals surface area contributed by atoms with Crippen LogP contribution in [0, 0.1) is 34.5 Å². The molecule has 0 spiro atoms. The van der Waals surface area contributed by atoms with Gasteiger partial charge in [0.2, 0.25) is 0 Å². The Kier molecular flexibility index (Phi) is 3.32. The number of ketones is 1. The Labute approximate surface area is 137 Å². The number of hydrogen-bond donors (Lipinski definition) is 1. The minimum Gasteiger partial charge on any atom is -0.393 e. The predicted molar refractivity (Wildman–Crippen MR) is 83.1 cm³/mol. The van der Waals surface area contributed by atoms with Crippen molar-refractivity contribution in [3.8, 4) is 0 Å². The molecule has 1 N–H and O–H groups in total. The average Bonchev–Trinajstić information content (AvgIpc) is 2.65. The van der Waals surface area contributed by atoms with E-state index in [4.69, 9.17) is 0 Å². The fraction of sp³-hybridized carbons (Fsp3) is 0.947. The van der Waals surface area contributed by atoms with Crippen LogP contribution in [-0.2, 0) is 4.79 Å². The second kappa shape index (κ2) is 4.77. The normalized spacial score (nSPS) is 55.0. The van der Waals surface area contributed by atoms with Gasteiger partial charge in [-0.1, -0.05) is 13.8 Å². The SMILES string of the molecule is C[C@]12CC[C@@H](O)C[C@@H]1CC[C@H]1[C@@H]3C(F)(F)CC(=O)[C@@]3(C)CC[C@@H]12. The standard InChI is InChI=1S/C19H28F2O2/c1-17-7-5-12(22)9-11(17)3-4-13-14(17)6-8-18(2)15(23)10-19(20,21)16(13)18/h11-14,16,22H,3-10H2,1-2H3/t11-,12+,13+,14-,16-,17-,18+/m0/s1. The van der Waals surface area contributed by atoms with Crippen molar-refractivity contribution in [1.82, 2.24) is 0 Å². The van der Waals surface area contributed by atoms with Crippen LogP contribution in [0.3, 0.4) is 0 Å². The summed E-state index contributed by atoms with van der Waals surface area (Å²) in [5.41, 5.74) is -0.729. The van der Waals surface area contributed by atoms with E-state index in [1.807, 2.05) is 0 Å². The van der Waals surface area contributed by atoms with Gasteiger partial charge >= 0.3 is 0 Å². The Balaban J connectivity index is 1.70. The van der Waals surface area contributed by atoms with Crippen LogP contribution in [-0.4, -0.2) is 22.9 Å². The van der Waals surface area contributed by atoms with E-state index in [1.165, 1.54) is 0 Å². The first-order valence-electron chi connectivity index (χ1n) is 9.28. The van der Waals surface area contributed by atoms with Crippen LogP contribution in [0.2, 0.25) is 0 Å². The highest BCUT2D eigenvalue weighted by molar-refractivity contribution is 5.88. The number of aliphatic hydroxyl groups excluding tert-OH is 1. The Hall–Kier alpha value is -0.510. The molecule has 0 bridgehead atoms. The quantitative estimate of drug-likeness (QED) is 0.724. The van der Waals surface area contributed by atoms with Gasteiger partial charge in [0.05, 0.1) is 12.5 Å². The van der Waals surface area contributed by atoms with Gasteiger partial charge in [-0.2, -0.15) is 0 Å². The second-order valence-corrected chi connectivity index (χ2v) is 9.27. The number of halogens is 2. The van der Waals surface area contributed by atoms with Crippen LogP contribution in [0.4, 0.5) is 8.78 Å². The van der Waals surface area contributed by atoms with Crippen molar-refractivity contribution in [3.05, 3.63) is 0 Å². The van der Waals surface area contributed by atoms with Gasteiger partial charge in [0, 0.05) is 11.3 Å². The van der Waals surface area contributed by atoms with E-state index in [0.717, 1.165) is 38.5 Å². The third kappa shape index (κ3) is 2.03. The van der Waals surface area contributed by atoms with Gasteiger partial charge in [0.15, 0.2) is 0 Å². The molecule has 23 heavy (non-hydrogen) atoms. The molecule has 0 heterocycles. The maximum absolute atomic E-state index is 14.7. The summed E-state index contributed by atoms with van der Waals surface area (Å²) in [6, 6.07) is 0. The minimum atomic E-state index is -2.83. The zero-order valence-corrected chi connectivity index (χ0v) is 14.2. The number of aliphatic hydroxyl groups is 1. The third-order valence-electron chi connectivity index (χ3n) is 8.30. The van der Waals surface area contributed by atoms with Crippen molar-refractivity contribution in [2.24, 2.45) is 34.5 Å². The summed E-state index contributed by atoms with van der Waals surface area (Å²) in [6.07, 6.45) is 5.09. The van der Waals surface area contributed by atoms with Crippen LogP contribution in [0.15, 0.2) is 0 Å². The molecule has 0 aromatic carbocycles. The maximum atomic E-state index is 14.7. The van der Waals surface area contributed by atoms with E-state index >= 15 is 0 Å². The lowest BCUT2D eigenvalue weighted by atomic mass is 9.45. The molecule has 4 aliphatic rings. The number of carbonyl (C=O) groups excluding carboxylic acids is 1. The van der Waals surface area contributed by atoms with E-state index in [1.54, 1.807) is 6.92 Å². The molecule has 4 heteroatoms. The van der Waals surface area contributed by atoms with E-state index in [9.17, 15) is 18.7 Å². The highest BCUT2D eigenvalue weighted by Crippen LogP contribution is 2.68. The molecule has 0 aliphatic heterocycles. The molecule has 7 atom stereocenters. The van der Waals surface area contributed by atoms with Gasteiger partial charge in [-0.3, -0.25) is 4.79 Å². The molecule has 4 rings (SSSR count). The zero-order chi connectivity index (χ0) is 16.6. The molecule has 130 valence electrons.